The minimum absolute atomic E-state index is 0.165. The Hall–Kier alpha value is -6.03. The molecule has 252 valence electrons. The Morgan fingerprint density at radius 2 is 1.40 bits per heavy atom. The number of aromatic carboxylic acids is 1. The van der Waals surface area contributed by atoms with Crippen LogP contribution in [0.15, 0.2) is 127 Å². The number of aromatic amines is 1. The normalized spacial score (nSPS) is 12.2. The molecule has 5 aromatic carbocycles. The van der Waals surface area contributed by atoms with E-state index in [2.05, 4.69) is 44.9 Å². The summed E-state index contributed by atoms with van der Waals surface area (Å²) in [6.45, 7) is 0.320. The van der Waals surface area contributed by atoms with Crippen LogP contribution in [0.1, 0.15) is 44.6 Å². The quantitative estimate of drug-likeness (QED) is 0.127. The van der Waals surface area contributed by atoms with Crippen molar-refractivity contribution in [2.75, 3.05) is 0 Å². The van der Waals surface area contributed by atoms with E-state index in [9.17, 15) is 23.1 Å². The summed E-state index contributed by atoms with van der Waals surface area (Å²) in [5.41, 5.74) is 6.08. The molecule has 10 heteroatoms. The number of allylic oxidation sites excluding steroid dienone is 1. The summed E-state index contributed by atoms with van der Waals surface area (Å²) in [6.07, 6.45) is 2.31. The van der Waals surface area contributed by atoms with Crippen LogP contribution in [-0.2, 0) is 25.6 Å². The van der Waals surface area contributed by atoms with Crippen LogP contribution in [0.4, 0.5) is 13.2 Å². The molecule has 7 nitrogen and oxygen atoms in total. The Kier molecular flexibility index (Phi) is 10.5. The molecule has 1 unspecified atom stereocenters. The van der Waals surface area contributed by atoms with Gasteiger partial charge in [-0.2, -0.15) is 13.2 Å². The van der Waals surface area contributed by atoms with Crippen molar-refractivity contribution in [3.63, 3.8) is 0 Å². The number of para-hydroxylation sites is 1. The number of aromatic nitrogens is 4. The summed E-state index contributed by atoms with van der Waals surface area (Å²) < 4.78 is 45.1. The number of nitrogens with one attached hydrogen (secondary N) is 1. The van der Waals surface area contributed by atoms with Gasteiger partial charge in [0.25, 0.3) is 0 Å². The van der Waals surface area contributed by atoms with Gasteiger partial charge in [-0.3, -0.25) is 0 Å². The highest BCUT2D eigenvalue weighted by Gasteiger charge is 2.30. The van der Waals surface area contributed by atoms with E-state index >= 15 is 0 Å². The Morgan fingerprint density at radius 1 is 0.780 bits per heavy atom. The second-order valence-electron chi connectivity index (χ2n) is 11.9. The molecule has 6 rings (SSSR count). The van der Waals surface area contributed by atoms with Gasteiger partial charge >= 0.3 is 12.1 Å². The third kappa shape index (κ3) is 8.90. The number of carboxylic acid groups (broad SMARTS) is 1. The standard InChI is InChI=1S/C40H33F3N4O3/c41-40(42,43)36-23-21-32(22-24-36)31-14-12-30(13-15-31)26-50-37-4-2-1-3-33(37)16-9-28(6-5-27-7-19-35(20-8-27)39(48)49)25-29-10-17-34(18-11-29)38-44-46-47-45-38/h1-4,7-24,28H,5-6,25-26H2,(H,48,49)(H,44,45,46,47)/b16-9+. The molecule has 0 radical (unpaired) electrons. The van der Waals surface area contributed by atoms with E-state index < -0.39 is 17.7 Å². The molecular weight excluding hydrogens is 641 g/mol. The van der Waals surface area contributed by atoms with Crippen molar-refractivity contribution in [1.82, 2.24) is 20.6 Å². The molecule has 0 spiro atoms. The smallest absolute Gasteiger partial charge is 0.416 e. The van der Waals surface area contributed by atoms with Gasteiger partial charge in [0.1, 0.15) is 12.4 Å². The van der Waals surface area contributed by atoms with E-state index in [4.69, 9.17) is 4.74 Å². The minimum Gasteiger partial charge on any atom is -0.488 e. The summed E-state index contributed by atoms with van der Waals surface area (Å²) in [6, 6.07) is 35.6. The molecule has 0 saturated carbocycles. The molecule has 1 heterocycles. The highest BCUT2D eigenvalue weighted by molar-refractivity contribution is 5.87. The third-order valence-corrected chi connectivity index (χ3v) is 8.44. The van der Waals surface area contributed by atoms with Crippen LogP contribution in [-0.4, -0.2) is 31.7 Å². The topological polar surface area (TPSA) is 101 Å². The lowest BCUT2D eigenvalue weighted by Gasteiger charge is -2.15. The first-order valence-electron chi connectivity index (χ1n) is 16.0. The maximum absolute atomic E-state index is 12.9. The van der Waals surface area contributed by atoms with E-state index in [0.717, 1.165) is 70.5 Å². The Balaban J connectivity index is 1.14. The van der Waals surface area contributed by atoms with E-state index in [-0.39, 0.29) is 11.5 Å². The van der Waals surface area contributed by atoms with Gasteiger partial charge in [0.05, 0.1) is 11.1 Å². The van der Waals surface area contributed by atoms with Crippen LogP contribution in [0.25, 0.3) is 28.6 Å². The zero-order chi connectivity index (χ0) is 34.9. The second-order valence-corrected chi connectivity index (χ2v) is 11.9. The maximum Gasteiger partial charge on any atom is 0.416 e. The minimum atomic E-state index is -4.37. The SMILES string of the molecule is O=C(O)c1ccc(CCC(/C=C/c2ccccc2OCc2ccc(-c3ccc(C(F)(F)F)cc3)cc2)Cc2ccc(-c3nnn[nH]3)cc2)cc1. The van der Waals surface area contributed by atoms with Gasteiger partial charge < -0.3 is 9.84 Å². The zero-order valence-corrected chi connectivity index (χ0v) is 26.8. The van der Waals surface area contributed by atoms with Gasteiger partial charge in [-0.1, -0.05) is 103 Å². The number of alkyl halides is 3. The maximum atomic E-state index is 12.9. The monoisotopic (exact) mass is 674 g/mol. The van der Waals surface area contributed by atoms with Crippen LogP contribution in [0.2, 0.25) is 0 Å². The molecule has 0 amide bonds. The summed E-state index contributed by atoms with van der Waals surface area (Å²) in [4.78, 5) is 11.3. The highest BCUT2D eigenvalue weighted by Crippen LogP contribution is 2.31. The number of H-pyrrole nitrogens is 1. The number of hydrogen-bond acceptors (Lipinski definition) is 5. The van der Waals surface area contributed by atoms with Gasteiger partial charge in [-0.25, -0.2) is 9.89 Å². The van der Waals surface area contributed by atoms with Crippen molar-refractivity contribution in [3.05, 3.63) is 161 Å². The van der Waals surface area contributed by atoms with Gasteiger partial charge in [-0.15, -0.1) is 5.10 Å². The number of nitrogens with zero attached hydrogens (tertiary/aromatic N) is 3. The fraction of sp³-hybridized carbons (Fsp3) is 0.150. The molecule has 0 saturated heterocycles. The van der Waals surface area contributed by atoms with Gasteiger partial charge in [0.2, 0.25) is 0 Å². The Bertz CT molecular complexity index is 2030. The first-order valence-corrected chi connectivity index (χ1v) is 16.0. The number of rotatable bonds is 13. The molecule has 2 N–H and O–H groups in total. The summed E-state index contributed by atoms with van der Waals surface area (Å²) in [5, 5.41) is 23.3. The number of halogens is 3. The number of hydrogen-bond donors (Lipinski definition) is 2. The average Bonchev–Trinajstić information content (AvgIpc) is 3.68. The van der Waals surface area contributed by atoms with Crippen molar-refractivity contribution in [2.24, 2.45) is 5.92 Å². The van der Waals surface area contributed by atoms with Crippen LogP contribution < -0.4 is 4.74 Å². The third-order valence-electron chi connectivity index (χ3n) is 8.44. The molecule has 0 fully saturated rings. The van der Waals surface area contributed by atoms with Crippen LogP contribution in [0.5, 0.6) is 5.75 Å². The largest absolute Gasteiger partial charge is 0.488 e. The number of carboxylic acids is 1. The van der Waals surface area contributed by atoms with Gasteiger partial charge in [-0.05, 0) is 93.8 Å². The molecule has 1 aromatic heterocycles. The van der Waals surface area contributed by atoms with Crippen molar-refractivity contribution < 1.29 is 27.8 Å². The zero-order valence-electron chi connectivity index (χ0n) is 26.8. The number of tetrazole rings is 1. The van der Waals surface area contributed by atoms with Gasteiger partial charge in [0.15, 0.2) is 5.82 Å². The van der Waals surface area contributed by atoms with E-state index in [1.54, 1.807) is 12.1 Å². The molecule has 6 aromatic rings. The lowest BCUT2D eigenvalue weighted by Crippen LogP contribution is -2.04. The van der Waals surface area contributed by atoms with Crippen LogP contribution in [0.3, 0.4) is 0 Å². The summed E-state index contributed by atoms with van der Waals surface area (Å²) in [7, 11) is 0. The van der Waals surface area contributed by atoms with Crippen molar-refractivity contribution in [1.29, 1.82) is 0 Å². The second kappa shape index (κ2) is 15.5. The predicted molar refractivity (Wildman–Crippen MR) is 185 cm³/mol. The first kappa shape index (κ1) is 33.9. The molecular formula is C40H33F3N4O3. The molecule has 50 heavy (non-hydrogen) atoms. The highest BCUT2D eigenvalue weighted by atomic mass is 19.4. The predicted octanol–water partition coefficient (Wildman–Crippen LogP) is 9.33. The van der Waals surface area contributed by atoms with Gasteiger partial charge in [0, 0.05) is 11.1 Å². The van der Waals surface area contributed by atoms with Crippen LogP contribution in [0, 0.1) is 5.92 Å². The Labute approximate surface area is 287 Å². The Morgan fingerprint density at radius 3 is 2.04 bits per heavy atom. The van der Waals surface area contributed by atoms with E-state index in [1.807, 2.05) is 72.8 Å². The lowest BCUT2D eigenvalue weighted by atomic mass is 9.91. The fourth-order valence-electron chi connectivity index (χ4n) is 5.61. The van der Waals surface area contributed by atoms with Crippen molar-refractivity contribution >= 4 is 12.0 Å². The summed E-state index contributed by atoms with van der Waals surface area (Å²) in [5.74, 6) is 0.545. The lowest BCUT2D eigenvalue weighted by molar-refractivity contribution is -0.137. The van der Waals surface area contributed by atoms with E-state index in [1.165, 1.54) is 12.1 Å². The molecule has 1 atom stereocenters. The average molecular weight is 675 g/mol. The van der Waals surface area contributed by atoms with Crippen LogP contribution >= 0.6 is 0 Å². The summed E-state index contributed by atoms with van der Waals surface area (Å²) >= 11 is 0. The first-order chi connectivity index (χ1) is 24.2. The molecule has 0 aliphatic heterocycles. The van der Waals surface area contributed by atoms with E-state index in [0.29, 0.717) is 18.0 Å². The number of aryl methyl sites for hydroxylation is 1. The number of benzene rings is 5. The molecule has 0 aliphatic carbocycles. The van der Waals surface area contributed by atoms with Crippen molar-refractivity contribution in [2.45, 2.75) is 32.0 Å². The molecule has 0 aliphatic rings. The van der Waals surface area contributed by atoms with Crippen molar-refractivity contribution in [3.8, 4) is 28.3 Å². The number of ether oxygens (including phenoxy) is 1. The fourth-order valence-corrected chi connectivity index (χ4v) is 5.61. The number of carbonyl (C=O) groups is 1. The molecule has 0 bridgehead atoms.